The van der Waals surface area contributed by atoms with Crippen molar-refractivity contribution in [3.8, 4) is 11.1 Å². The van der Waals surface area contributed by atoms with Gasteiger partial charge in [0.1, 0.15) is 11.6 Å². The van der Waals surface area contributed by atoms with E-state index in [9.17, 15) is 0 Å². The molecule has 2 aromatic carbocycles. The average molecular weight is 362 g/mol. The van der Waals surface area contributed by atoms with Gasteiger partial charge in [0.15, 0.2) is 0 Å². The second-order valence-electron chi connectivity index (χ2n) is 6.97. The van der Waals surface area contributed by atoms with E-state index in [1.54, 1.807) is 0 Å². The summed E-state index contributed by atoms with van der Waals surface area (Å²) in [5.41, 5.74) is 3.78. The first-order valence-corrected chi connectivity index (χ1v) is 9.63. The molecule has 5 nitrogen and oxygen atoms in total. The van der Waals surface area contributed by atoms with Gasteiger partial charge in [-0.05, 0) is 23.6 Å². The summed E-state index contributed by atoms with van der Waals surface area (Å²) in [4.78, 5) is 2.45. The number of ether oxygens (including phenoxy) is 1. The van der Waals surface area contributed by atoms with Crippen LogP contribution in [-0.4, -0.2) is 52.5 Å². The third kappa shape index (κ3) is 4.26. The Morgan fingerprint density at radius 3 is 2.44 bits per heavy atom. The molecule has 0 aliphatic carbocycles. The second-order valence-corrected chi connectivity index (χ2v) is 6.97. The fourth-order valence-corrected chi connectivity index (χ4v) is 3.66. The van der Waals surface area contributed by atoms with Crippen LogP contribution < -0.4 is 0 Å². The maximum absolute atomic E-state index is 5.45. The van der Waals surface area contributed by atoms with Gasteiger partial charge in [-0.15, -0.1) is 10.2 Å². The number of morpholine rings is 1. The molecule has 1 aromatic heterocycles. The maximum atomic E-state index is 5.45. The molecule has 1 fully saturated rings. The molecule has 4 rings (SSSR count). The SMILES string of the molecule is Cc1nnc(Cc2ccccc2-c2ccccc2)n1CCN1CCOCC1. The Balaban J connectivity index is 1.54. The van der Waals surface area contributed by atoms with Crippen LogP contribution >= 0.6 is 0 Å². The molecular weight excluding hydrogens is 336 g/mol. The molecule has 2 heterocycles. The van der Waals surface area contributed by atoms with Gasteiger partial charge in [-0.3, -0.25) is 4.90 Å². The van der Waals surface area contributed by atoms with Crippen molar-refractivity contribution in [1.29, 1.82) is 0 Å². The summed E-state index contributed by atoms with van der Waals surface area (Å²) in [5.74, 6) is 2.01. The van der Waals surface area contributed by atoms with E-state index in [2.05, 4.69) is 74.3 Å². The lowest BCUT2D eigenvalue weighted by atomic mass is 9.97. The number of rotatable bonds is 6. The van der Waals surface area contributed by atoms with Crippen molar-refractivity contribution >= 4 is 0 Å². The van der Waals surface area contributed by atoms with Gasteiger partial charge < -0.3 is 9.30 Å². The van der Waals surface area contributed by atoms with Crippen molar-refractivity contribution in [3.05, 3.63) is 71.8 Å². The van der Waals surface area contributed by atoms with Gasteiger partial charge >= 0.3 is 0 Å². The molecular formula is C22H26N4O. The molecule has 0 atom stereocenters. The van der Waals surface area contributed by atoms with Crippen LogP contribution in [0, 0.1) is 6.92 Å². The standard InChI is InChI=1S/C22H26N4O/c1-18-23-24-22(26(18)12-11-25-13-15-27-16-14-25)17-20-9-5-6-10-21(20)19-7-3-2-4-8-19/h2-10H,11-17H2,1H3. The molecule has 0 amide bonds. The lowest BCUT2D eigenvalue weighted by molar-refractivity contribution is 0.0362. The highest BCUT2D eigenvalue weighted by Gasteiger charge is 2.15. The van der Waals surface area contributed by atoms with Crippen LogP contribution in [0.2, 0.25) is 0 Å². The Hall–Kier alpha value is -2.50. The molecule has 5 heteroatoms. The fraction of sp³-hybridized carbons (Fsp3) is 0.364. The Morgan fingerprint density at radius 1 is 0.889 bits per heavy atom. The summed E-state index contributed by atoms with van der Waals surface area (Å²) in [6, 6.07) is 19.1. The topological polar surface area (TPSA) is 43.2 Å². The summed E-state index contributed by atoms with van der Waals surface area (Å²) in [7, 11) is 0. The van der Waals surface area contributed by atoms with Gasteiger partial charge in [0.2, 0.25) is 0 Å². The summed E-state index contributed by atoms with van der Waals surface area (Å²) in [6.45, 7) is 7.65. The summed E-state index contributed by atoms with van der Waals surface area (Å²) in [6.07, 6.45) is 0.787. The minimum absolute atomic E-state index is 0.787. The Labute approximate surface area is 160 Å². The van der Waals surface area contributed by atoms with Gasteiger partial charge in [-0.2, -0.15) is 0 Å². The van der Waals surface area contributed by atoms with Crippen molar-refractivity contribution in [2.24, 2.45) is 0 Å². The number of hydrogen-bond donors (Lipinski definition) is 0. The van der Waals surface area contributed by atoms with Gasteiger partial charge in [-0.1, -0.05) is 54.6 Å². The van der Waals surface area contributed by atoms with Crippen LogP contribution in [-0.2, 0) is 17.7 Å². The summed E-state index contributed by atoms with van der Waals surface area (Å²) >= 11 is 0. The highest BCUT2D eigenvalue weighted by molar-refractivity contribution is 5.67. The third-order valence-corrected chi connectivity index (χ3v) is 5.21. The van der Waals surface area contributed by atoms with Crippen LogP contribution in [0.4, 0.5) is 0 Å². The Kier molecular flexibility index (Phi) is 5.61. The zero-order chi connectivity index (χ0) is 18.5. The maximum Gasteiger partial charge on any atom is 0.137 e. The molecule has 0 radical (unpaired) electrons. The number of nitrogens with zero attached hydrogens (tertiary/aromatic N) is 4. The lowest BCUT2D eigenvalue weighted by Gasteiger charge is -2.26. The molecule has 3 aromatic rings. The highest BCUT2D eigenvalue weighted by Crippen LogP contribution is 2.25. The molecule has 27 heavy (non-hydrogen) atoms. The third-order valence-electron chi connectivity index (χ3n) is 5.21. The van der Waals surface area contributed by atoms with E-state index < -0.39 is 0 Å². The van der Waals surface area contributed by atoms with Crippen molar-refractivity contribution in [2.45, 2.75) is 19.9 Å². The molecule has 0 saturated carbocycles. The Morgan fingerprint density at radius 2 is 1.63 bits per heavy atom. The predicted octanol–water partition coefficient (Wildman–Crippen LogP) is 3.18. The van der Waals surface area contributed by atoms with E-state index in [1.807, 2.05) is 6.92 Å². The van der Waals surface area contributed by atoms with Crippen LogP contribution in [0.3, 0.4) is 0 Å². The number of hydrogen-bond acceptors (Lipinski definition) is 4. The van der Waals surface area contributed by atoms with E-state index in [-0.39, 0.29) is 0 Å². The zero-order valence-corrected chi connectivity index (χ0v) is 15.8. The predicted molar refractivity (Wildman–Crippen MR) is 107 cm³/mol. The number of aromatic nitrogens is 3. The first-order chi connectivity index (χ1) is 13.3. The summed E-state index contributed by atoms with van der Waals surface area (Å²) < 4.78 is 7.71. The van der Waals surface area contributed by atoms with Crippen LogP contribution in [0.25, 0.3) is 11.1 Å². The lowest BCUT2D eigenvalue weighted by Crippen LogP contribution is -2.38. The van der Waals surface area contributed by atoms with Gasteiger partial charge in [0.05, 0.1) is 13.2 Å². The molecule has 0 spiro atoms. The van der Waals surface area contributed by atoms with E-state index in [0.29, 0.717) is 0 Å². The van der Waals surface area contributed by atoms with Crippen molar-refractivity contribution < 1.29 is 4.74 Å². The van der Waals surface area contributed by atoms with Crippen molar-refractivity contribution in [2.75, 3.05) is 32.8 Å². The number of benzene rings is 2. The fourth-order valence-electron chi connectivity index (χ4n) is 3.66. The average Bonchev–Trinajstić information content (AvgIpc) is 3.07. The van der Waals surface area contributed by atoms with E-state index in [1.165, 1.54) is 16.7 Å². The second kappa shape index (κ2) is 8.46. The smallest absolute Gasteiger partial charge is 0.137 e. The zero-order valence-electron chi connectivity index (χ0n) is 15.8. The molecule has 0 unspecified atom stereocenters. The van der Waals surface area contributed by atoms with Gasteiger partial charge in [0.25, 0.3) is 0 Å². The van der Waals surface area contributed by atoms with E-state index >= 15 is 0 Å². The highest BCUT2D eigenvalue weighted by atomic mass is 16.5. The minimum Gasteiger partial charge on any atom is -0.379 e. The van der Waals surface area contributed by atoms with Crippen LogP contribution in [0.15, 0.2) is 54.6 Å². The van der Waals surface area contributed by atoms with Crippen molar-refractivity contribution in [3.63, 3.8) is 0 Å². The van der Waals surface area contributed by atoms with Gasteiger partial charge in [-0.25, -0.2) is 0 Å². The van der Waals surface area contributed by atoms with Crippen LogP contribution in [0.5, 0.6) is 0 Å². The first-order valence-electron chi connectivity index (χ1n) is 9.63. The van der Waals surface area contributed by atoms with E-state index in [4.69, 9.17) is 4.74 Å². The van der Waals surface area contributed by atoms with E-state index in [0.717, 1.165) is 57.5 Å². The first kappa shape index (κ1) is 17.9. The molecule has 1 aliphatic rings. The minimum atomic E-state index is 0.787. The molecule has 140 valence electrons. The molecule has 0 N–H and O–H groups in total. The largest absolute Gasteiger partial charge is 0.379 e. The molecule has 0 bridgehead atoms. The Bertz CT molecular complexity index is 869. The molecule has 1 aliphatic heterocycles. The monoisotopic (exact) mass is 362 g/mol. The molecule has 1 saturated heterocycles. The van der Waals surface area contributed by atoms with Gasteiger partial charge in [0, 0.05) is 32.6 Å². The summed E-state index contributed by atoms with van der Waals surface area (Å²) in [5, 5.41) is 8.83. The van der Waals surface area contributed by atoms with Crippen LogP contribution in [0.1, 0.15) is 17.2 Å². The normalized spacial score (nSPS) is 15.1. The quantitative estimate of drug-likeness (QED) is 0.675. The number of aryl methyl sites for hydroxylation is 1. The van der Waals surface area contributed by atoms with Crippen molar-refractivity contribution in [1.82, 2.24) is 19.7 Å².